The topological polar surface area (TPSA) is 80.6 Å². The highest BCUT2D eigenvalue weighted by Crippen LogP contribution is 2.33. The summed E-state index contributed by atoms with van der Waals surface area (Å²) in [5, 5.41) is 5.56. The van der Waals surface area contributed by atoms with Gasteiger partial charge in [-0.25, -0.2) is 8.42 Å². The predicted molar refractivity (Wildman–Crippen MR) is 144 cm³/mol. The van der Waals surface area contributed by atoms with Crippen molar-refractivity contribution in [2.45, 2.75) is 25.9 Å². The van der Waals surface area contributed by atoms with Gasteiger partial charge in [-0.1, -0.05) is 29.5 Å². The Hall–Kier alpha value is -2.74. The molecule has 0 spiro atoms. The molecule has 5 rings (SSSR count). The molecule has 4 heterocycles. The Morgan fingerprint density at radius 2 is 1.84 bits per heavy atom. The predicted octanol–water partition coefficient (Wildman–Crippen LogP) is 3.04. The van der Waals surface area contributed by atoms with Gasteiger partial charge in [-0.3, -0.25) is 14.6 Å². The van der Waals surface area contributed by atoms with E-state index in [2.05, 4.69) is 26.4 Å². The second-order valence-corrected chi connectivity index (χ2v) is 11.7. The van der Waals surface area contributed by atoms with Crippen LogP contribution in [0.2, 0.25) is 5.02 Å². The molecule has 0 N–H and O–H groups in total. The van der Waals surface area contributed by atoms with Crippen LogP contribution in [0, 0.1) is 11.8 Å². The molecule has 2 aliphatic rings. The quantitative estimate of drug-likeness (QED) is 0.448. The van der Waals surface area contributed by atoms with E-state index in [1.165, 1.54) is 10.6 Å². The molecule has 3 aromatic rings. The summed E-state index contributed by atoms with van der Waals surface area (Å²) in [5.74, 6) is 6.30. The van der Waals surface area contributed by atoms with Gasteiger partial charge < -0.3 is 4.74 Å². The third-order valence-electron chi connectivity index (χ3n) is 6.78. The number of rotatable bonds is 6. The normalized spacial score (nSPS) is 16.7. The van der Waals surface area contributed by atoms with Gasteiger partial charge in [-0.2, -0.15) is 9.40 Å². The van der Waals surface area contributed by atoms with Crippen LogP contribution in [0.15, 0.2) is 42.7 Å². The van der Waals surface area contributed by atoms with Crippen molar-refractivity contribution in [2.75, 3.05) is 45.6 Å². The molecule has 1 fully saturated rings. The molecule has 0 unspecified atom stereocenters. The number of fused-ring (bicyclic) bond motifs is 1. The molecule has 0 radical (unpaired) electrons. The first-order valence-corrected chi connectivity index (χ1v) is 14.7. The van der Waals surface area contributed by atoms with Gasteiger partial charge in [-0.15, -0.1) is 0 Å². The van der Waals surface area contributed by atoms with E-state index in [9.17, 15) is 8.42 Å². The van der Waals surface area contributed by atoms with Crippen molar-refractivity contribution in [1.82, 2.24) is 24.0 Å². The SMILES string of the molecule is CS(=O)(=O)N1CCc2c(c(-c3ccc(Cl)c(C#Cc4ccncc4)c3)nn2CCCN2CCOCC2)C1. The molecule has 10 heteroatoms. The fraction of sp³-hybridized carbons (Fsp3) is 0.407. The molecule has 0 amide bonds. The fourth-order valence-corrected chi connectivity index (χ4v) is 5.73. The minimum atomic E-state index is -3.31. The minimum absolute atomic E-state index is 0.313. The van der Waals surface area contributed by atoms with Gasteiger partial charge in [0.15, 0.2) is 0 Å². The molecule has 2 aliphatic heterocycles. The lowest BCUT2D eigenvalue weighted by molar-refractivity contribution is 0.0368. The molecule has 0 atom stereocenters. The molecule has 8 nitrogen and oxygen atoms in total. The lowest BCUT2D eigenvalue weighted by Crippen LogP contribution is -2.37. The van der Waals surface area contributed by atoms with E-state index in [0.29, 0.717) is 30.1 Å². The first kappa shape index (κ1) is 25.9. The number of morpholine rings is 1. The highest BCUT2D eigenvalue weighted by atomic mass is 35.5. The van der Waals surface area contributed by atoms with E-state index in [0.717, 1.165) is 73.9 Å². The number of hydrogen-bond acceptors (Lipinski definition) is 6. The summed E-state index contributed by atoms with van der Waals surface area (Å²) in [6.45, 7) is 6.02. The van der Waals surface area contributed by atoms with E-state index in [1.54, 1.807) is 12.4 Å². The van der Waals surface area contributed by atoms with Crippen molar-refractivity contribution in [2.24, 2.45) is 0 Å². The largest absolute Gasteiger partial charge is 0.379 e. The average Bonchev–Trinajstić information content (AvgIpc) is 3.27. The van der Waals surface area contributed by atoms with Crippen molar-refractivity contribution >= 4 is 21.6 Å². The van der Waals surface area contributed by atoms with Crippen molar-refractivity contribution in [3.63, 3.8) is 0 Å². The monoisotopic (exact) mass is 539 g/mol. The number of nitrogens with zero attached hydrogens (tertiary/aromatic N) is 5. The van der Waals surface area contributed by atoms with Crippen LogP contribution in [0.25, 0.3) is 11.3 Å². The van der Waals surface area contributed by atoms with E-state index in [4.69, 9.17) is 21.4 Å². The van der Waals surface area contributed by atoms with Gasteiger partial charge in [-0.05, 0) is 30.7 Å². The van der Waals surface area contributed by atoms with Gasteiger partial charge in [0.05, 0.1) is 30.2 Å². The number of aromatic nitrogens is 3. The number of ether oxygens (including phenoxy) is 1. The molecule has 0 bridgehead atoms. The number of benzene rings is 1. The van der Waals surface area contributed by atoms with Crippen LogP contribution < -0.4 is 0 Å². The summed E-state index contributed by atoms with van der Waals surface area (Å²) in [6, 6.07) is 9.39. The average molecular weight is 540 g/mol. The smallest absolute Gasteiger partial charge is 0.211 e. The third kappa shape index (κ3) is 6.22. The number of halogens is 1. The second kappa shape index (κ2) is 11.3. The molecule has 1 saturated heterocycles. The molecule has 0 aliphatic carbocycles. The van der Waals surface area contributed by atoms with Crippen LogP contribution in [-0.4, -0.2) is 78.0 Å². The molecule has 2 aromatic heterocycles. The van der Waals surface area contributed by atoms with Gasteiger partial charge in [0, 0.05) is 86.0 Å². The van der Waals surface area contributed by atoms with Crippen LogP contribution >= 0.6 is 11.6 Å². The van der Waals surface area contributed by atoms with Crippen molar-refractivity contribution in [3.05, 3.63) is 70.1 Å². The number of aryl methyl sites for hydroxylation is 1. The lowest BCUT2D eigenvalue weighted by atomic mass is 10.0. The minimum Gasteiger partial charge on any atom is -0.379 e. The summed E-state index contributed by atoms with van der Waals surface area (Å²) in [5.41, 5.74) is 5.28. The van der Waals surface area contributed by atoms with Gasteiger partial charge in [0.2, 0.25) is 10.0 Å². The maximum atomic E-state index is 12.4. The number of pyridine rings is 1. The summed E-state index contributed by atoms with van der Waals surface area (Å²) in [6.07, 6.45) is 6.27. The maximum absolute atomic E-state index is 12.4. The summed E-state index contributed by atoms with van der Waals surface area (Å²) in [7, 11) is -3.31. The number of sulfonamides is 1. The summed E-state index contributed by atoms with van der Waals surface area (Å²) >= 11 is 6.48. The lowest BCUT2D eigenvalue weighted by Gasteiger charge is -2.27. The van der Waals surface area contributed by atoms with Crippen LogP contribution in [0.4, 0.5) is 0 Å². The second-order valence-electron chi connectivity index (χ2n) is 9.33. The highest BCUT2D eigenvalue weighted by molar-refractivity contribution is 7.88. The fourth-order valence-electron chi connectivity index (χ4n) is 4.78. The Kier molecular flexibility index (Phi) is 7.93. The van der Waals surface area contributed by atoms with E-state index >= 15 is 0 Å². The number of hydrogen-bond donors (Lipinski definition) is 0. The summed E-state index contributed by atoms with van der Waals surface area (Å²) < 4.78 is 33.8. The Labute approximate surface area is 223 Å². The molecular formula is C27H30ClN5O3S. The molecular weight excluding hydrogens is 510 g/mol. The van der Waals surface area contributed by atoms with Crippen LogP contribution in [-0.2, 0) is 34.3 Å². The standard InChI is InChI=1S/C27H30ClN5O3S/c1-37(34,35)32-14-9-26-24(20-32)27(30-33(26)13-2-12-31-15-17-36-18-16-31)23-5-6-25(28)22(19-23)4-3-21-7-10-29-11-8-21/h5-8,10-11,19H,2,9,12-18,20H2,1H3. The first-order chi connectivity index (χ1) is 17.9. The van der Waals surface area contributed by atoms with Crippen LogP contribution in [0.1, 0.15) is 28.8 Å². The Bertz CT molecular complexity index is 1420. The summed E-state index contributed by atoms with van der Waals surface area (Å²) in [4.78, 5) is 6.44. The van der Waals surface area contributed by atoms with E-state index < -0.39 is 10.0 Å². The van der Waals surface area contributed by atoms with Gasteiger partial charge in [0.1, 0.15) is 0 Å². The zero-order valence-corrected chi connectivity index (χ0v) is 22.4. The third-order valence-corrected chi connectivity index (χ3v) is 8.36. The van der Waals surface area contributed by atoms with Crippen molar-refractivity contribution in [1.29, 1.82) is 0 Å². The Morgan fingerprint density at radius 3 is 2.59 bits per heavy atom. The van der Waals surface area contributed by atoms with Crippen molar-refractivity contribution in [3.8, 4) is 23.1 Å². The van der Waals surface area contributed by atoms with E-state index in [1.807, 2.05) is 30.3 Å². The van der Waals surface area contributed by atoms with Crippen molar-refractivity contribution < 1.29 is 13.2 Å². The highest BCUT2D eigenvalue weighted by Gasteiger charge is 2.29. The maximum Gasteiger partial charge on any atom is 0.211 e. The molecule has 194 valence electrons. The first-order valence-electron chi connectivity index (χ1n) is 12.4. The molecule has 0 saturated carbocycles. The van der Waals surface area contributed by atoms with E-state index in [-0.39, 0.29) is 0 Å². The molecule has 1 aromatic carbocycles. The zero-order valence-electron chi connectivity index (χ0n) is 20.9. The Morgan fingerprint density at radius 1 is 1.05 bits per heavy atom. The van der Waals surface area contributed by atoms with Gasteiger partial charge in [0.25, 0.3) is 0 Å². The molecule has 37 heavy (non-hydrogen) atoms. The van der Waals surface area contributed by atoms with Crippen LogP contribution in [0.5, 0.6) is 0 Å². The Balaban J connectivity index is 1.46. The van der Waals surface area contributed by atoms with Crippen LogP contribution in [0.3, 0.4) is 0 Å². The zero-order chi connectivity index (χ0) is 25.8. The van der Waals surface area contributed by atoms with Gasteiger partial charge >= 0.3 is 0 Å².